The first-order valence-corrected chi connectivity index (χ1v) is 9.49. The molecule has 31 heavy (non-hydrogen) atoms. The monoisotopic (exact) mass is 453 g/mol. The number of hydrogen-bond donors (Lipinski definition) is 1. The van der Waals surface area contributed by atoms with E-state index in [0.29, 0.717) is 6.42 Å². The smallest absolute Gasteiger partial charge is 0.387 e. The Labute approximate surface area is 178 Å². The number of hydrogen-bond acceptors (Lipinski definition) is 5. The molecular formula is C19H15ClF3N5O3. The third-order valence-electron chi connectivity index (χ3n) is 4.64. The molecule has 0 saturated carbocycles. The molecule has 1 N–H and O–H groups in total. The van der Waals surface area contributed by atoms with Crippen LogP contribution in [-0.4, -0.2) is 52.5 Å². The van der Waals surface area contributed by atoms with Crippen LogP contribution in [0.25, 0.3) is 11.3 Å². The van der Waals surface area contributed by atoms with Crippen molar-refractivity contribution in [1.29, 1.82) is 0 Å². The summed E-state index contributed by atoms with van der Waals surface area (Å²) in [5.74, 6) is -2.00. The van der Waals surface area contributed by atoms with Crippen LogP contribution >= 0.6 is 11.6 Å². The van der Waals surface area contributed by atoms with E-state index >= 15 is 0 Å². The lowest BCUT2D eigenvalue weighted by atomic mass is 10.1. The van der Waals surface area contributed by atoms with E-state index in [0.717, 1.165) is 12.1 Å². The van der Waals surface area contributed by atoms with Crippen LogP contribution in [0.2, 0.25) is 0 Å². The van der Waals surface area contributed by atoms with Crippen LogP contribution in [0.1, 0.15) is 23.0 Å². The van der Waals surface area contributed by atoms with Gasteiger partial charge in [0.1, 0.15) is 23.3 Å². The molecular weight excluding hydrogens is 439 g/mol. The molecule has 1 atom stereocenters. The predicted molar refractivity (Wildman–Crippen MR) is 104 cm³/mol. The van der Waals surface area contributed by atoms with Gasteiger partial charge in [-0.15, -0.1) is 0 Å². The normalized spacial score (nSPS) is 18.4. The molecule has 0 spiro atoms. The highest BCUT2D eigenvalue weighted by atomic mass is 35.5. The largest absolute Gasteiger partial charge is 0.435 e. The molecule has 162 valence electrons. The van der Waals surface area contributed by atoms with Crippen LogP contribution in [0.4, 0.5) is 13.2 Å². The van der Waals surface area contributed by atoms with Gasteiger partial charge in [0.25, 0.3) is 5.91 Å². The number of ether oxygens (including phenoxy) is 1. The Morgan fingerprint density at radius 2 is 2.10 bits per heavy atom. The summed E-state index contributed by atoms with van der Waals surface area (Å²) in [7, 11) is 0. The second kappa shape index (κ2) is 8.42. The number of carbonyl (C=O) groups excluding carboxylic acids is 2. The van der Waals surface area contributed by atoms with Crippen molar-refractivity contribution in [3.63, 3.8) is 0 Å². The van der Waals surface area contributed by atoms with E-state index in [9.17, 15) is 22.8 Å². The summed E-state index contributed by atoms with van der Waals surface area (Å²) in [5, 5.41) is 7.08. The zero-order chi connectivity index (χ0) is 22.1. The van der Waals surface area contributed by atoms with Gasteiger partial charge in [0, 0.05) is 24.3 Å². The maximum absolute atomic E-state index is 14.1. The minimum absolute atomic E-state index is 0.000811. The molecule has 8 nitrogen and oxygen atoms in total. The van der Waals surface area contributed by atoms with Gasteiger partial charge in [-0.2, -0.15) is 13.9 Å². The molecule has 0 bridgehead atoms. The van der Waals surface area contributed by atoms with E-state index in [4.69, 9.17) is 11.6 Å². The number of benzene rings is 1. The Morgan fingerprint density at radius 3 is 2.77 bits per heavy atom. The summed E-state index contributed by atoms with van der Waals surface area (Å²) in [5.41, 5.74) is 0.449. The molecule has 1 fully saturated rings. The fraction of sp³-hybridized carbons (Fsp3) is 0.263. The van der Waals surface area contributed by atoms with Gasteiger partial charge in [-0.3, -0.25) is 14.3 Å². The zero-order valence-corrected chi connectivity index (χ0v) is 16.5. The van der Waals surface area contributed by atoms with E-state index in [1.165, 1.54) is 21.7 Å². The quantitative estimate of drug-likeness (QED) is 0.705. The lowest BCUT2D eigenvalue weighted by molar-refractivity contribution is -0.118. The van der Waals surface area contributed by atoms with Crippen LogP contribution < -0.4 is 10.1 Å². The van der Waals surface area contributed by atoms with Crippen molar-refractivity contribution in [1.82, 2.24) is 20.0 Å². The van der Waals surface area contributed by atoms with Gasteiger partial charge in [0.05, 0.1) is 18.4 Å². The second-order valence-corrected chi connectivity index (χ2v) is 7.17. The average Bonchev–Trinajstić information content (AvgIpc) is 3.33. The zero-order valence-electron chi connectivity index (χ0n) is 15.8. The van der Waals surface area contributed by atoms with Crippen molar-refractivity contribution >= 4 is 29.6 Å². The third-order valence-corrected chi connectivity index (χ3v) is 4.86. The second-order valence-electron chi connectivity index (χ2n) is 6.78. The van der Waals surface area contributed by atoms with Crippen molar-refractivity contribution in [3.8, 4) is 17.0 Å². The summed E-state index contributed by atoms with van der Waals surface area (Å²) in [6, 6.07) is 4.11. The van der Waals surface area contributed by atoms with Gasteiger partial charge in [-0.25, -0.2) is 9.38 Å². The molecule has 1 unspecified atom stereocenters. The van der Waals surface area contributed by atoms with Gasteiger partial charge < -0.3 is 15.0 Å². The number of nitrogens with one attached hydrogen (secondary N) is 1. The molecule has 2 aliphatic rings. The van der Waals surface area contributed by atoms with Crippen LogP contribution in [0, 0.1) is 5.82 Å². The van der Waals surface area contributed by atoms with Crippen LogP contribution in [0.3, 0.4) is 0 Å². The van der Waals surface area contributed by atoms with Gasteiger partial charge in [-0.1, -0.05) is 11.6 Å². The molecule has 2 amide bonds. The highest BCUT2D eigenvalue weighted by Crippen LogP contribution is 2.32. The topological polar surface area (TPSA) is 88.8 Å². The summed E-state index contributed by atoms with van der Waals surface area (Å²) in [4.78, 5) is 29.5. The van der Waals surface area contributed by atoms with Crippen molar-refractivity contribution in [2.45, 2.75) is 19.1 Å². The molecule has 2 aliphatic heterocycles. The number of halogens is 4. The number of aromatic nitrogens is 2. The van der Waals surface area contributed by atoms with Crippen LogP contribution in [-0.2, 0) is 4.79 Å². The first kappa shape index (κ1) is 20.9. The van der Waals surface area contributed by atoms with E-state index in [-0.39, 0.29) is 47.0 Å². The van der Waals surface area contributed by atoms with E-state index in [1.807, 2.05) is 0 Å². The summed E-state index contributed by atoms with van der Waals surface area (Å²) < 4.78 is 45.2. The predicted octanol–water partition coefficient (Wildman–Crippen LogP) is 2.92. The standard InChI is InChI=1S/C19H15ClF3N5O3/c20-16-6-12(1-2-24-16)28-15(10-3-11(21)5-13(4-10)31-19(22)23)7-14(26-28)18(30)27-8-17(29)25-9-27/h2-7,12,19H,1,8-9H2,(H,25,29). The maximum atomic E-state index is 14.1. The van der Waals surface area contributed by atoms with Gasteiger partial charge in [0.15, 0.2) is 5.69 Å². The molecule has 4 rings (SSSR count). The van der Waals surface area contributed by atoms with E-state index in [1.54, 1.807) is 12.3 Å². The summed E-state index contributed by atoms with van der Waals surface area (Å²) in [6.45, 7) is -3.21. The Morgan fingerprint density at radius 1 is 1.29 bits per heavy atom. The van der Waals surface area contributed by atoms with E-state index < -0.39 is 24.4 Å². The Kier molecular flexibility index (Phi) is 5.68. The van der Waals surface area contributed by atoms with Crippen LogP contribution in [0.15, 0.2) is 40.5 Å². The number of allylic oxidation sites excluding steroid dienone is 1. The number of nitrogens with zero attached hydrogens (tertiary/aromatic N) is 4. The minimum atomic E-state index is -3.13. The highest BCUT2D eigenvalue weighted by molar-refractivity contribution is 6.29. The average molecular weight is 454 g/mol. The van der Waals surface area contributed by atoms with Crippen molar-refractivity contribution < 1.29 is 27.5 Å². The fourth-order valence-electron chi connectivity index (χ4n) is 3.31. The molecule has 1 aromatic heterocycles. The summed E-state index contributed by atoms with van der Waals surface area (Å²) in [6.07, 6.45) is 3.56. The fourth-order valence-corrected chi connectivity index (χ4v) is 3.53. The van der Waals surface area contributed by atoms with Gasteiger partial charge >= 0.3 is 6.61 Å². The number of alkyl halides is 2. The number of rotatable bonds is 5. The lowest BCUT2D eigenvalue weighted by Crippen LogP contribution is -2.30. The molecule has 2 aromatic rings. The van der Waals surface area contributed by atoms with Gasteiger partial charge in [-0.05, 0) is 24.3 Å². The molecule has 0 radical (unpaired) electrons. The number of carbonyl (C=O) groups is 2. The number of aliphatic imine (C=N–C) groups is 1. The Bertz CT molecular complexity index is 1100. The van der Waals surface area contributed by atoms with Crippen molar-refractivity contribution in [3.05, 3.63) is 47.0 Å². The third kappa shape index (κ3) is 4.55. The first-order valence-electron chi connectivity index (χ1n) is 9.11. The summed E-state index contributed by atoms with van der Waals surface area (Å²) >= 11 is 5.99. The van der Waals surface area contributed by atoms with Crippen molar-refractivity contribution in [2.24, 2.45) is 4.99 Å². The molecule has 1 aromatic carbocycles. The highest BCUT2D eigenvalue weighted by Gasteiger charge is 2.28. The van der Waals surface area contributed by atoms with E-state index in [2.05, 4.69) is 20.1 Å². The molecule has 1 saturated heterocycles. The minimum Gasteiger partial charge on any atom is -0.435 e. The van der Waals surface area contributed by atoms with Gasteiger partial charge in [0.2, 0.25) is 5.91 Å². The SMILES string of the molecule is O=C1CN(C(=O)c2cc(-c3cc(F)cc(OC(F)F)c3)n(C3C=C(Cl)N=CC3)n2)CN1. The molecule has 3 heterocycles. The first-order chi connectivity index (χ1) is 14.8. The molecule has 0 aliphatic carbocycles. The lowest BCUT2D eigenvalue weighted by Gasteiger charge is -2.18. The Balaban J connectivity index is 1.78. The Hall–Kier alpha value is -3.34. The maximum Gasteiger partial charge on any atom is 0.387 e. The van der Waals surface area contributed by atoms with Crippen LogP contribution in [0.5, 0.6) is 5.75 Å². The molecule has 12 heteroatoms. The van der Waals surface area contributed by atoms with Crippen molar-refractivity contribution in [2.75, 3.05) is 13.2 Å². The number of amides is 2.